The number of aromatic nitrogens is 1. The van der Waals surface area contributed by atoms with Crippen molar-refractivity contribution in [2.45, 2.75) is 19.0 Å². The van der Waals surface area contributed by atoms with Gasteiger partial charge in [-0.05, 0) is 36.2 Å². The summed E-state index contributed by atoms with van der Waals surface area (Å²) in [6.07, 6.45) is 1.77. The summed E-state index contributed by atoms with van der Waals surface area (Å²) in [5, 5.41) is 13.0. The van der Waals surface area contributed by atoms with E-state index in [0.29, 0.717) is 25.2 Å². The van der Waals surface area contributed by atoms with Crippen LogP contribution in [0.3, 0.4) is 0 Å². The summed E-state index contributed by atoms with van der Waals surface area (Å²) in [6, 6.07) is 10.00. The van der Waals surface area contributed by atoms with Gasteiger partial charge in [0.2, 0.25) is 5.91 Å². The van der Waals surface area contributed by atoms with Crippen LogP contribution >= 0.6 is 11.6 Å². The highest BCUT2D eigenvalue weighted by Crippen LogP contribution is 2.34. The Bertz CT molecular complexity index is 1140. The highest BCUT2D eigenvalue weighted by Gasteiger charge is 2.32. The monoisotopic (exact) mass is 412 g/mol. The lowest BCUT2D eigenvalue weighted by atomic mass is 10.1. The van der Waals surface area contributed by atoms with Crippen LogP contribution in [0.25, 0.3) is 10.9 Å². The van der Waals surface area contributed by atoms with Crippen molar-refractivity contribution in [1.29, 1.82) is 5.26 Å². The van der Waals surface area contributed by atoms with E-state index in [4.69, 9.17) is 11.6 Å². The van der Waals surface area contributed by atoms with Crippen LogP contribution in [-0.2, 0) is 11.3 Å². The van der Waals surface area contributed by atoms with Gasteiger partial charge in [-0.15, -0.1) is 0 Å². The van der Waals surface area contributed by atoms with Gasteiger partial charge >= 0.3 is 0 Å². The predicted octanol–water partition coefficient (Wildman–Crippen LogP) is 4.25. The number of amides is 1. The second-order valence-electron chi connectivity index (χ2n) is 6.78. The van der Waals surface area contributed by atoms with E-state index in [1.165, 1.54) is 30.5 Å². The third kappa shape index (κ3) is 3.59. The molecule has 4 rings (SSSR count). The van der Waals surface area contributed by atoms with Crippen LogP contribution < -0.4 is 5.32 Å². The molecule has 2 aromatic carbocycles. The van der Waals surface area contributed by atoms with E-state index in [-0.39, 0.29) is 33.2 Å². The maximum absolute atomic E-state index is 14.2. The molecule has 3 aromatic rings. The zero-order valence-corrected chi connectivity index (χ0v) is 15.9. The van der Waals surface area contributed by atoms with E-state index in [1.807, 2.05) is 6.07 Å². The molecule has 1 unspecified atom stereocenters. The highest BCUT2D eigenvalue weighted by molar-refractivity contribution is 6.36. The number of nitrogens with zero attached hydrogens (tertiary/aromatic N) is 3. The Kier molecular flexibility index (Phi) is 5.03. The largest absolute Gasteiger partial charge is 0.372 e. The standard InChI is InChI=1S/C21H15ClF2N4O/c22-15-5-6-16(24)20-18(15)19(13(9-25)10-26-20)27-17-7-8-28(21(17)29)11-12-1-3-14(23)4-2-12/h1-6,10,17H,7-8,11H2,(H,26,27). The molecule has 8 heteroatoms. The maximum atomic E-state index is 14.2. The minimum absolute atomic E-state index is 0.0348. The molecular weight excluding hydrogens is 398 g/mol. The number of fused-ring (bicyclic) bond motifs is 1. The van der Waals surface area contributed by atoms with E-state index in [1.54, 1.807) is 17.0 Å². The predicted molar refractivity (Wildman–Crippen MR) is 105 cm³/mol. The summed E-state index contributed by atoms with van der Waals surface area (Å²) in [6.45, 7) is 0.857. The summed E-state index contributed by atoms with van der Waals surface area (Å²) < 4.78 is 27.3. The Morgan fingerprint density at radius 2 is 2.00 bits per heavy atom. The topological polar surface area (TPSA) is 69.0 Å². The molecule has 0 saturated carbocycles. The minimum atomic E-state index is -0.590. The van der Waals surface area contributed by atoms with Gasteiger partial charge in [-0.3, -0.25) is 9.78 Å². The Morgan fingerprint density at radius 1 is 1.24 bits per heavy atom. The molecule has 1 saturated heterocycles. The second kappa shape index (κ2) is 7.64. The average molecular weight is 413 g/mol. The number of benzene rings is 2. The number of carbonyl (C=O) groups excluding carboxylic acids is 1. The molecule has 2 heterocycles. The number of anilines is 1. The number of likely N-dealkylation sites (tertiary alicyclic amines) is 1. The molecule has 0 aliphatic carbocycles. The van der Waals surface area contributed by atoms with Gasteiger partial charge in [-0.1, -0.05) is 23.7 Å². The number of hydrogen-bond donors (Lipinski definition) is 1. The smallest absolute Gasteiger partial charge is 0.245 e. The van der Waals surface area contributed by atoms with E-state index >= 15 is 0 Å². The molecular formula is C21H15ClF2N4O. The van der Waals surface area contributed by atoms with E-state index in [2.05, 4.69) is 10.3 Å². The number of nitriles is 1. The van der Waals surface area contributed by atoms with Crippen molar-refractivity contribution >= 4 is 34.1 Å². The first-order valence-electron chi connectivity index (χ1n) is 8.94. The molecule has 1 aliphatic rings. The van der Waals surface area contributed by atoms with E-state index in [0.717, 1.165) is 5.56 Å². The number of rotatable bonds is 4. The maximum Gasteiger partial charge on any atom is 0.245 e. The van der Waals surface area contributed by atoms with Gasteiger partial charge in [0.05, 0.1) is 16.3 Å². The molecule has 1 aromatic heterocycles. The molecule has 5 nitrogen and oxygen atoms in total. The first kappa shape index (κ1) is 19.1. The van der Waals surface area contributed by atoms with Crippen LogP contribution in [0.2, 0.25) is 5.02 Å². The molecule has 0 spiro atoms. The van der Waals surface area contributed by atoms with Gasteiger partial charge in [-0.2, -0.15) is 5.26 Å². The lowest BCUT2D eigenvalue weighted by Crippen LogP contribution is -2.33. The van der Waals surface area contributed by atoms with Crippen LogP contribution in [-0.4, -0.2) is 28.4 Å². The van der Waals surface area contributed by atoms with Gasteiger partial charge in [0, 0.05) is 24.7 Å². The van der Waals surface area contributed by atoms with Crippen LogP contribution in [0, 0.1) is 23.0 Å². The molecule has 1 aliphatic heterocycles. The Hall–Kier alpha value is -3.24. The molecule has 0 radical (unpaired) electrons. The molecule has 1 amide bonds. The minimum Gasteiger partial charge on any atom is -0.372 e. The summed E-state index contributed by atoms with van der Waals surface area (Å²) in [7, 11) is 0. The quantitative estimate of drug-likeness (QED) is 0.695. The zero-order chi connectivity index (χ0) is 20.5. The fourth-order valence-electron chi connectivity index (χ4n) is 3.48. The summed E-state index contributed by atoms with van der Waals surface area (Å²) >= 11 is 6.25. The van der Waals surface area contributed by atoms with Crippen LogP contribution in [0.4, 0.5) is 14.5 Å². The molecule has 146 valence electrons. The fourth-order valence-corrected chi connectivity index (χ4v) is 3.73. The fraction of sp³-hybridized carbons (Fsp3) is 0.190. The summed E-state index contributed by atoms with van der Waals surface area (Å²) in [5.74, 6) is -1.05. The SMILES string of the molecule is N#Cc1cnc2c(F)ccc(Cl)c2c1NC1CCN(Cc2ccc(F)cc2)C1=O. The van der Waals surface area contributed by atoms with Gasteiger partial charge in [0.15, 0.2) is 0 Å². The Balaban J connectivity index is 1.62. The summed E-state index contributed by atoms with van der Waals surface area (Å²) in [5.41, 5.74) is 1.32. The first-order chi connectivity index (χ1) is 14.0. The number of pyridine rings is 1. The van der Waals surface area contributed by atoms with Gasteiger partial charge < -0.3 is 10.2 Å². The third-order valence-corrected chi connectivity index (χ3v) is 5.26. The van der Waals surface area contributed by atoms with Gasteiger partial charge in [0.25, 0.3) is 0 Å². The molecule has 1 N–H and O–H groups in total. The van der Waals surface area contributed by atoms with Crippen molar-refractivity contribution in [3.63, 3.8) is 0 Å². The van der Waals surface area contributed by atoms with Crippen molar-refractivity contribution in [2.75, 3.05) is 11.9 Å². The van der Waals surface area contributed by atoms with Crippen LogP contribution in [0.1, 0.15) is 17.5 Å². The van der Waals surface area contributed by atoms with Crippen molar-refractivity contribution in [1.82, 2.24) is 9.88 Å². The molecule has 29 heavy (non-hydrogen) atoms. The normalized spacial score (nSPS) is 16.3. The number of carbonyl (C=O) groups is 1. The van der Waals surface area contributed by atoms with Crippen molar-refractivity contribution in [3.8, 4) is 6.07 Å². The van der Waals surface area contributed by atoms with Gasteiger partial charge in [0.1, 0.15) is 29.3 Å². The summed E-state index contributed by atoms with van der Waals surface area (Å²) in [4.78, 5) is 18.5. The van der Waals surface area contributed by atoms with Crippen molar-refractivity contribution in [2.24, 2.45) is 0 Å². The molecule has 1 atom stereocenters. The highest BCUT2D eigenvalue weighted by atomic mass is 35.5. The van der Waals surface area contributed by atoms with Crippen LogP contribution in [0.15, 0.2) is 42.6 Å². The van der Waals surface area contributed by atoms with E-state index in [9.17, 15) is 18.8 Å². The lowest BCUT2D eigenvalue weighted by Gasteiger charge is -2.19. The second-order valence-corrected chi connectivity index (χ2v) is 7.19. The first-order valence-corrected chi connectivity index (χ1v) is 9.32. The third-order valence-electron chi connectivity index (χ3n) is 4.94. The van der Waals surface area contributed by atoms with Crippen molar-refractivity contribution < 1.29 is 13.6 Å². The lowest BCUT2D eigenvalue weighted by molar-refractivity contribution is -0.128. The van der Waals surface area contributed by atoms with Gasteiger partial charge in [-0.25, -0.2) is 8.78 Å². The Labute approximate surface area is 170 Å². The number of hydrogen-bond acceptors (Lipinski definition) is 4. The average Bonchev–Trinajstić information content (AvgIpc) is 3.06. The van der Waals surface area contributed by atoms with E-state index < -0.39 is 11.9 Å². The number of halogens is 3. The molecule has 1 fully saturated rings. The van der Waals surface area contributed by atoms with Crippen molar-refractivity contribution in [3.05, 3.63) is 70.4 Å². The Morgan fingerprint density at radius 3 is 2.72 bits per heavy atom. The van der Waals surface area contributed by atoms with Crippen LogP contribution in [0.5, 0.6) is 0 Å². The molecule has 0 bridgehead atoms. The number of nitrogens with one attached hydrogen (secondary N) is 1. The zero-order valence-electron chi connectivity index (χ0n) is 15.1.